The molecule has 0 radical (unpaired) electrons. The molecule has 176 valence electrons. The first-order valence-corrected chi connectivity index (χ1v) is 10.7. The Labute approximate surface area is 178 Å². The molecule has 13 heteroatoms. The van der Waals surface area contributed by atoms with Crippen molar-refractivity contribution in [3.63, 3.8) is 0 Å². The van der Waals surface area contributed by atoms with Crippen LogP contribution in [-0.2, 0) is 23.8 Å². The van der Waals surface area contributed by atoms with E-state index in [1.165, 1.54) is 0 Å². The molecule has 0 bridgehead atoms. The van der Waals surface area contributed by atoms with E-state index in [1.807, 2.05) is 0 Å². The van der Waals surface area contributed by atoms with E-state index < -0.39 is 59.2 Å². The molecule has 0 fully saturated rings. The number of rotatable bonds is 14. The average molecular weight is 466 g/mol. The third-order valence-corrected chi connectivity index (χ3v) is 4.99. The number of hydrogen-bond donors (Lipinski definition) is 5. The number of aliphatic hydroxyl groups is 5. The molecule has 1 rings (SSSR count). The van der Waals surface area contributed by atoms with Gasteiger partial charge in [-0.05, 0) is 37.5 Å². The Balaban J connectivity index is 3.05. The lowest BCUT2D eigenvalue weighted by Crippen LogP contribution is -2.20. The molecule has 12 nitrogen and oxygen atoms in total. The highest BCUT2D eigenvalue weighted by atomic mass is 32.2. The van der Waals surface area contributed by atoms with Gasteiger partial charge in [-0.25, -0.2) is 9.59 Å². The number of esters is 2. The number of benzene rings is 1. The Morgan fingerprint density at radius 2 is 1.39 bits per heavy atom. The summed E-state index contributed by atoms with van der Waals surface area (Å²) >= 11 is 0. The largest absolute Gasteiger partial charge is 0.460 e. The number of carbonyl (C=O) groups is 2. The molecule has 0 saturated carbocycles. The van der Waals surface area contributed by atoms with Gasteiger partial charge in [-0.2, -0.15) is 8.42 Å². The Morgan fingerprint density at radius 1 is 0.871 bits per heavy atom. The Morgan fingerprint density at radius 3 is 1.84 bits per heavy atom. The van der Waals surface area contributed by atoms with E-state index in [2.05, 4.69) is 0 Å². The molecular weight excluding hydrogens is 440 g/mol. The van der Waals surface area contributed by atoms with Gasteiger partial charge < -0.3 is 35.0 Å². The zero-order valence-electron chi connectivity index (χ0n) is 16.5. The number of aliphatic hydroxyl groups excluding tert-OH is 4. The van der Waals surface area contributed by atoms with Crippen molar-refractivity contribution >= 4 is 22.1 Å². The van der Waals surface area contributed by atoms with Crippen LogP contribution >= 0.6 is 0 Å². The maximum absolute atomic E-state index is 12.5. The molecule has 1 unspecified atom stereocenters. The maximum atomic E-state index is 12.5. The van der Waals surface area contributed by atoms with Gasteiger partial charge in [-0.15, -0.1) is 0 Å². The highest BCUT2D eigenvalue weighted by molar-refractivity contribution is 7.86. The van der Waals surface area contributed by atoms with Gasteiger partial charge in [0, 0.05) is 0 Å². The number of hydrogen-bond acceptors (Lipinski definition) is 12. The molecule has 0 aliphatic carbocycles. The maximum Gasteiger partial charge on any atom is 0.338 e. The zero-order valence-corrected chi connectivity index (χ0v) is 17.4. The molecule has 31 heavy (non-hydrogen) atoms. The van der Waals surface area contributed by atoms with Gasteiger partial charge in [0.05, 0.1) is 41.9 Å². The van der Waals surface area contributed by atoms with Crippen molar-refractivity contribution in [2.45, 2.75) is 36.6 Å². The lowest BCUT2D eigenvalue weighted by atomic mass is 10.1. The quantitative estimate of drug-likeness (QED) is 0.121. The SMILES string of the molecule is O=C(OCCO)c1cc(C(=O)OCCO)cc(S(=O)(=O)OCC(O)CCCC(O)O)c1. The van der Waals surface area contributed by atoms with Crippen molar-refractivity contribution in [2.24, 2.45) is 0 Å². The van der Waals surface area contributed by atoms with Gasteiger partial charge in [-0.3, -0.25) is 4.18 Å². The van der Waals surface area contributed by atoms with E-state index in [0.717, 1.165) is 18.2 Å². The highest BCUT2D eigenvalue weighted by Gasteiger charge is 2.23. The molecule has 0 amide bonds. The summed E-state index contributed by atoms with van der Waals surface area (Å²) in [7, 11) is -4.52. The predicted molar refractivity (Wildman–Crippen MR) is 102 cm³/mol. The third-order valence-electron chi connectivity index (χ3n) is 3.73. The van der Waals surface area contributed by atoms with Crippen molar-refractivity contribution in [3.05, 3.63) is 29.3 Å². The van der Waals surface area contributed by atoms with E-state index >= 15 is 0 Å². The van der Waals surface area contributed by atoms with Gasteiger partial charge >= 0.3 is 11.9 Å². The van der Waals surface area contributed by atoms with Crippen LogP contribution in [0, 0.1) is 0 Å². The Kier molecular flexibility index (Phi) is 11.6. The smallest absolute Gasteiger partial charge is 0.338 e. The molecule has 0 aromatic heterocycles. The summed E-state index contributed by atoms with van der Waals surface area (Å²) in [6, 6.07) is 2.81. The van der Waals surface area contributed by atoms with E-state index in [0.29, 0.717) is 0 Å². The van der Waals surface area contributed by atoms with E-state index in [4.69, 9.17) is 34.1 Å². The third kappa shape index (κ3) is 9.69. The summed E-state index contributed by atoms with van der Waals surface area (Å²) in [5.74, 6) is -2.02. The van der Waals surface area contributed by atoms with Gasteiger partial charge in [0.25, 0.3) is 10.1 Å². The van der Waals surface area contributed by atoms with Crippen LogP contribution in [0.2, 0.25) is 0 Å². The van der Waals surface area contributed by atoms with Crippen molar-refractivity contribution in [2.75, 3.05) is 33.0 Å². The van der Waals surface area contributed by atoms with Gasteiger partial charge in [-0.1, -0.05) is 0 Å². The Bertz CT molecular complexity index is 783. The summed E-state index contributed by atoms with van der Waals surface area (Å²) in [5.41, 5.74) is -0.655. The number of ether oxygens (including phenoxy) is 2. The van der Waals surface area contributed by atoms with Crippen LogP contribution < -0.4 is 0 Å². The van der Waals surface area contributed by atoms with E-state index in [1.54, 1.807) is 0 Å². The summed E-state index contributed by atoms with van der Waals surface area (Å²) in [6.45, 7) is -2.29. The predicted octanol–water partition coefficient (Wildman–Crippen LogP) is -1.47. The molecule has 0 heterocycles. The van der Waals surface area contributed by atoms with Crippen molar-refractivity contribution in [3.8, 4) is 0 Å². The summed E-state index contributed by atoms with van der Waals surface area (Å²) in [4.78, 5) is 23.6. The normalized spacial score (nSPS) is 12.6. The topological polar surface area (TPSA) is 197 Å². The summed E-state index contributed by atoms with van der Waals surface area (Å²) < 4.78 is 39.2. The van der Waals surface area contributed by atoms with Crippen LogP contribution in [0.4, 0.5) is 0 Å². The first-order valence-electron chi connectivity index (χ1n) is 9.25. The molecule has 0 saturated heterocycles. The van der Waals surface area contributed by atoms with Crippen molar-refractivity contribution in [1.29, 1.82) is 0 Å². The van der Waals surface area contributed by atoms with Crippen molar-refractivity contribution < 1.29 is 57.2 Å². The molecule has 5 N–H and O–H groups in total. The number of carbonyl (C=O) groups excluding carboxylic acids is 2. The van der Waals surface area contributed by atoms with Crippen molar-refractivity contribution in [1.82, 2.24) is 0 Å². The Hall–Kier alpha value is -2.13. The molecule has 0 spiro atoms. The molecule has 1 aromatic carbocycles. The molecule has 0 aliphatic rings. The minimum absolute atomic E-state index is 0.0128. The summed E-state index contributed by atoms with van der Waals surface area (Å²) in [5, 5.41) is 44.9. The van der Waals surface area contributed by atoms with Crippen LogP contribution in [0.3, 0.4) is 0 Å². The first-order chi connectivity index (χ1) is 14.6. The van der Waals surface area contributed by atoms with E-state index in [-0.39, 0.29) is 43.6 Å². The fourth-order valence-electron chi connectivity index (χ4n) is 2.28. The van der Waals surface area contributed by atoms with Gasteiger partial charge in [0.2, 0.25) is 0 Å². The van der Waals surface area contributed by atoms with Crippen LogP contribution in [-0.4, -0.2) is 91.3 Å². The lowest BCUT2D eigenvalue weighted by molar-refractivity contribution is -0.0486. The standard InChI is InChI=1S/C18H26O12S/c19-4-6-28-17(24)12-8-13(18(25)29-7-5-20)10-15(9-12)31(26,27)30-11-14(21)2-1-3-16(22)23/h8-10,14,16,19-23H,1-7,11H2. The van der Waals surface area contributed by atoms with E-state index in [9.17, 15) is 23.1 Å². The second-order valence-electron chi connectivity index (χ2n) is 6.27. The van der Waals surface area contributed by atoms with Gasteiger partial charge in [0.15, 0.2) is 6.29 Å². The monoisotopic (exact) mass is 466 g/mol. The fourth-order valence-corrected chi connectivity index (χ4v) is 3.29. The molecular formula is C18H26O12S. The average Bonchev–Trinajstić information content (AvgIpc) is 2.73. The fraction of sp³-hybridized carbons (Fsp3) is 0.556. The second kappa shape index (κ2) is 13.3. The molecule has 1 aromatic rings. The van der Waals surface area contributed by atoms with Crippen LogP contribution in [0.5, 0.6) is 0 Å². The molecule has 0 aliphatic heterocycles. The van der Waals surface area contributed by atoms with Crippen LogP contribution in [0.15, 0.2) is 23.1 Å². The second-order valence-corrected chi connectivity index (χ2v) is 7.88. The minimum atomic E-state index is -4.52. The van der Waals surface area contributed by atoms with Gasteiger partial charge in [0.1, 0.15) is 13.2 Å². The zero-order chi connectivity index (χ0) is 23.4. The first kappa shape index (κ1) is 26.9. The minimum Gasteiger partial charge on any atom is -0.460 e. The lowest BCUT2D eigenvalue weighted by Gasteiger charge is -2.13. The molecule has 1 atom stereocenters. The van der Waals surface area contributed by atoms with Crippen LogP contribution in [0.1, 0.15) is 40.0 Å². The summed E-state index contributed by atoms with van der Waals surface area (Å²) in [6.07, 6.45) is -2.54. The van der Waals surface area contributed by atoms with Crippen LogP contribution in [0.25, 0.3) is 0 Å². The highest BCUT2D eigenvalue weighted by Crippen LogP contribution is 2.20.